The van der Waals surface area contributed by atoms with Gasteiger partial charge in [0.1, 0.15) is 19.6 Å². The minimum absolute atomic E-state index is 0.259. The van der Waals surface area contributed by atoms with Gasteiger partial charge < -0.3 is 10.6 Å². The van der Waals surface area contributed by atoms with Crippen molar-refractivity contribution < 1.29 is 4.39 Å². The molecule has 9 nitrogen and oxygen atoms in total. The number of aromatic nitrogens is 5. The topological polar surface area (TPSA) is 128 Å². The molecule has 1 fully saturated rings. The van der Waals surface area contributed by atoms with Crippen molar-refractivity contribution in [3.63, 3.8) is 0 Å². The van der Waals surface area contributed by atoms with Crippen molar-refractivity contribution in [2.75, 3.05) is 10.6 Å². The Morgan fingerprint density at radius 3 is 2.63 bits per heavy atom. The van der Waals surface area contributed by atoms with E-state index in [9.17, 15) is 14.9 Å². The highest BCUT2D eigenvalue weighted by Crippen LogP contribution is 2.39. The molecule has 2 N–H and O–H groups in total. The fourth-order valence-electron chi connectivity index (χ4n) is 5.06. The lowest BCUT2D eigenvalue weighted by atomic mass is 9.70. The number of rotatable bonds is 10. The van der Waals surface area contributed by atoms with E-state index in [1.165, 1.54) is 24.5 Å². The molecule has 0 amide bonds. The number of halogens is 2. The number of nitrogens with zero attached hydrogens (tertiary/aromatic N) is 7. The van der Waals surface area contributed by atoms with Crippen LogP contribution >= 0.6 is 11.6 Å². The molecule has 1 saturated carbocycles. The zero-order chi connectivity index (χ0) is 30.0. The zero-order valence-electron chi connectivity index (χ0n) is 22.9. The second kappa shape index (κ2) is 11.7. The van der Waals surface area contributed by atoms with Crippen LogP contribution < -0.4 is 10.6 Å². The average Bonchev–Trinajstić information content (AvgIpc) is 3.75. The summed E-state index contributed by atoms with van der Waals surface area (Å²) in [6.07, 6.45) is 7.45. The summed E-state index contributed by atoms with van der Waals surface area (Å²) in [6.45, 7) is 0. The molecule has 2 aromatic carbocycles. The Morgan fingerprint density at radius 1 is 1.12 bits per heavy atom. The Bertz CT molecular complexity index is 1860. The highest BCUT2D eigenvalue weighted by molar-refractivity contribution is 6.36. The smallest absolute Gasteiger partial charge is 0.212 e. The first-order valence-corrected chi connectivity index (χ1v) is 14.1. The highest BCUT2D eigenvalue weighted by atomic mass is 35.5. The van der Waals surface area contributed by atoms with Gasteiger partial charge in [-0.05, 0) is 48.6 Å². The third kappa shape index (κ3) is 5.72. The third-order valence-corrected chi connectivity index (χ3v) is 7.76. The molecule has 2 radical (unpaired) electrons. The van der Waals surface area contributed by atoms with Crippen LogP contribution in [0.5, 0.6) is 0 Å². The van der Waals surface area contributed by atoms with Crippen LogP contribution in [0.25, 0.3) is 10.9 Å². The van der Waals surface area contributed by atoms with Gasteiger partial charge in [-0.25, -0.2) is 9.67 Å². The lowest BCUT2D eigenvalue weighted by Crippen LogP contribution is -2.38. The van der Waals surface area contributed by atoms with E-state index in [2.05, 4.69) is 43.1 Å². The van der Waals surface area contributed by atoms with Gasteiger partial charge in [-0.3, -0.25) is 4.98 Å². The number of hydrogen-bond donors (Lipinski definition) is 2. The second-order valence-corrected chi connectivity index (χ2v) is 10.8. The maximum atomic E-state index is 13.8. The predicted molar refractivity (Wildman–Crippen MR) is 162 cm³/mol. The number of fused-ring (bicyclic) bond motifs is 1. The summed E-state index contributed by atoms with van der Waals surface area (Å²) in [6, 6.07) is 20.4. The van der Waals surface area contributed by atoms with Crippen LogP contribution in [0, 0.1) is 28.6 Å². The molecule has 43 heavy (non-hydrogen) atoms. The summed E-state index contributed by atoms with van der Waals surface area (Å²) in [5.74, 6) is -0.642. The Labute approximate surface area is 253 Å². The quantitative estimate of drug-likeness (QED) is 0.147. The fraction of sp³-hybridized carbons (Fsp3) is 0.226. The molecule has 0 spiro atoms. The monoisotopic (exact) mass is 587 g/mol. The highest BCUT2D eigenvalue weighted by Gasteiger charge is 2.34. The maximum absolute atomic E-state index is 13.8. The van der Waals surface area contributed by atoms with Crippen LogP contribution in [0.4, 0.5) is 15.8 Å². The van der Waals surface area contributed by atoms with Crippen molar-refractivity contribution >= 4 is 41.7 Å². The number of pyridine rings is 2. The van der Waals surface area contributed by atoms with Gasteiger partial charge in [-0.15, -0.1) is 5.10 Å². The molecule has 6 rings (SSSR count). The number of nitriles is 2. The first kappa shape index (κ1) is 28.1. The van der Waals surface area contributed by atoms with Crippen LogP contribution in [0.1, 0.15) is 60.2 Å². The van der Waals surface area contributed by atoms with E-state index in [4.69, 9.17) is 19.4 Å². The van der Waals surface area contributed by atoms with Crippen molar-refractivity contribution in [1.29, 1.82) is 10.5 Å². The minimum Gasteiger partial charge on any atom is -0.378 e. The van der Waals surface area contributed by atoms with Gasteiger partial charge in [-0.1, -0.05) is 53.2 Å². The van der Waals surface area contributed by atoms with Crippen LogP contribution in [0.2, 0.25) is 5.02 Å². The van der Waals surface area contributed by atoms with E-state index in [0.29, 0.717) is 57.0 Å². The molecule has 12 heteroatoms. The lowest BCUT2D eigenvalue weighted by Gasteiger charge is -2.31. The van der Waals surface area contributed by atoms with E-state index in [-0.39, 0.29) is 12.1 Å². The summed E-state index contributed by atoms with van der Waals surface area (Å²) in [5, 5.41) is 35.7. The second-order valence-electron chi connectivity index (χ2n) is 10.4. The normalized spacial score (nSPS) is 14.8. The Morgan fingerprint density at radius 2 is 1.93 bits per heavy atom. The molecule has 0 bridgehead atoms. The molecule has 0 saturated heterocycles. The van der Waals surface area contributed by atoms with E-state index in [0.717, 1.165) is 18.4 Å². The van der Waals surface area contributed by atoms with Crippen molar-refractivity contribution in [2.24, 2.45) is 0 Å². The van der Waals surface area contributed by atoms with Gasteiger partial charge in [0.15, 0.2) is 0 Å². The molecule has 2 atom stereocenters. The fourth-order valence-corrected chi connectivity index (χ4v) is 5.33. The molecule has 5 aromatic rings. The molecular weight excluding hydrogens is 564 g/mol. The summed E-state index contributed by atoms with van der Waals surface area (Å²) in [5.41, 5.74) is 2.18. The minimum atomic E-state index is -1.46. The Kier molecular flexibility index (Phi) is 7.66. The largest absolute Gasteiger partial charge is 0.378 e. The molecule has 210 valence electrons. The van der Waals surface area contributed by atoms with Gasteiger partial charge in [0.05, 0.1) is 51.6 Å². The summed E-state index contributed by atoms with van der Waals surface area (Å²) >= 11 is 6.77. The zero-order valence-corrected chi connectivity index (χ0v) is 23.6. The predicted octanol–water partition coefficient (Wildman–Crippen LogP) is 6.16. The van der Waals surface area contributed by atoms with E-state index < -0.39 is 11.4 Å². The Balaban J connectivity index is 1.45. The van der Waals surface area contributed by atoms with Crippen LogP contribution in [0.15, 0.2) is 73.2 Å². The van der Waals surface area contributed by atoms with Crippen LogP contribution in [-0.4, -0.2) is 32.8 Å². The van der Waals surface area contributed by atoms with Gasteiger partial charge in [0.25, 0.3) is 0 Å². The number of hydrogen-bond acceptors (Lipinski definition) is 8. The van der Waals surface area contributed by atoms with E-state index in [1.807, 2.05) is 30.3 Å². The average molecular weight is 588 g/mol. The molecule has 3 aromatic heterocycles. The summed E-state index contributed by atoms with van der Waals surface area (Å²) < 4.78 is 15.6. The molecular formula is C31H24BClFN9. The van der Waals surface area contributed by atoms with Gasteiger partial charge in [-0.2, -0.15) is 14.9 Å². The molecule has 1 aliphatic rings. The maximum Gasteiger partial charge on any atom is 0.212 e. The van der Waals surface area contributed by atoms with E-state index in [1.54, 1.807) is 23.0 Å². The molecule has 3 heterocycles. The number of anilines is 2. The SMILES string of the molecule is [B]C(Nc1cc(Cl)c2ncc(C#N)c(NC(CCC#N)c3ccccc3)c2c1)(c1ccc(F)nc1)c1cn(C2CC2)nn1. The Hall–Kier alpha value is -5.00. The summed E-state index contributed by atoms with van der Waals surface area (Å²) in [7, 11) is 7.01. The summed E-state index contributed by atoms with van der Waals surface area (Å²) in [4.78, 5) is 8.27. The molecule has 1 aliphatic carbocycles. The first-order chi connectivity index (χ1) is 20.9. The lowest BCUT2D eigenvalue weighted by molar-refractivity contribution is 0.580. The number of nitrogens with one attached hydrogen (secondary N) is 2. The molecule has 0 aliphatic heterocycles. The van der Waals surface area contributed by atoms with Crippen LogP contribution in [-0.2, 0) is 5.44 Å². The van der Waals surface area contributed by atoms with Gasteiger partial charge >= 0.3 is 0 Å². The van der Waals surface area contributed by atoms with Crippen molar-refractivity contribution in [1.82, 2.24) is 25.0 Å². The van der Waals surface area contributed by atoms with Crippen LogP contribution in [0.3, 0.4) is 0 Å². The van der Waals surface area contributed by atoms with Crippen molar-refractivity contribution in [3.8, 4) is 12.1 Å². The van der Waals surface area contributed by atoms with Gasteiger partial charge in [0.2, 0.25) is 5.95 Å². The van der Waals surface area contributed by atoms with Crippen molar-refractivity contribution in [2.45, 2.75) is 43.2 Å². The standard InChI is InChI=1S/C31H24BClFN9/c32-31(21-8-11-28(34)37-17-21,27-18-43(42-41-27)23-9-10-23)40-22-13-24-29(20(15-36)16-38-30(24)25(33)14-22)39-26(7-4-12-35)19-5-2-1-3-6-19/h1-3,5-6,8,11,13-14,16-18,23,26,40H,4,7,9-10H2,(H,38,39). The first-order valence-electron chi connectivity index (χ1n) is 13.7. The van der Waals surface area contributed by atoms with Crippen molar-refractivity contribution in [3.05, 3.63) is 107 Å². The van der Waals surface area contributed by atoms with E-state index >= 15 is 0 Å². The van der Waals surface area contributed by atoms with Gasteiger partial charge in [0, 0.05) is 29.9 Å². The molecule has 2 unspecified atom stereocenters. The number of benzene rings is 2. The third-order valence-electron chi connectivity index (χ3n) is 7.47.